The molecule has 0 spiro atoms. The van der Waals surface area contributed by atoms with Crippen molar-refractivity contribution < 1.29 is 4.74 Å². The zero-order chi connectivity index (χ0) is 12.8. The molecular formula is C14H14Cl2N2O. The van der Waals surface area contributed by atoms with Gasteiger partial charge in [0.2, 0.25) is 0 Å². The van der Waals surface area contributed by atoms with E-state index in [1.807, 2.05) is 48.5 Å². The summed E-state index contributed by atoms with van der Waals surface area (Å²) < 4.78 is 5.14. The molecule has 2 aromatic rings. The van der Waals surface area contributed by atoms with Crippen molar-refractivity contribution >= 4 is 35.9 Å². The highest BCUT2D eigenvalue weighted by Crippen LogP contribution is 2.14. The minimum atomic E-state index is 0. The van der Waals surface area contributed by atoms with Gasteiger partial charge in [0.05, 0.1) is 19.0 Å². The number of hydrogen-bond acceptors (Lipinski definition) is 3. The summed E-state index contributed by atoms with van der Waals surface area (Å²) >= 11 is 5.79. The second-order valence-electron chi connectivity index (χ2n) is 3.65. The van der Waals surface area contributed by atoms with Gasteiger partial charge in [0.1, 0.15) is 5.75 Å². The number of benzene rings is 2. The number of rotatable bonds is 4. The Hall–Kier alpha value is -1.71. The first-order valence-corrected chi connectivity index (χ1v) is 5.84. The molecule has 1 N–H and O–H groups in total. The van der Waals surface area contributed by atoms with Gasteiger partial charge < -0.3 is 4.74 Å². The second-order valence-corrected chi connectivity index (χ2v) is 4.09. The van der Waals surface area contributed by atoms with Crippen molar-refractivity contribution in [3.8, 4) is 5.75 Å². The quantitative estimate of drug-likeness (QED) is 0.677. The minimum absolute atomic E-state index is 0. The third-order valence-electron chi connectivity index (χ3n) is 2.35. The summed E-state index contributed by atoms with van der Waals surface area (Å²) in [5.41, 5.74) is 4.78. The van der Waals surface area contributed by atoms with Crippen LogP contribution in [0.4, 0.5) is 5.69 Å². The summed E-state index contributed by atoms with van der Waals surface area (Å²) in [5.74, 6) is 0.811. The predicted molar refractivity (Wildman–Crippen MR) is 82.9 cm³/mol. The van der Waals surface area contributed by atoms with Crippen molar-refractivity contribution in [3.05, 3.63) is 59.1 Å². The SMILES string of the molecule is COc1cccc(/C=N/Nc2ccc(Cl)cc2)c1.Cl. The number of hydrogen-bond donors (Lipinski definition) is 1. The number of methoxy groups -OCH3 is 1. The lowest BCUT2D eigenvalue weighted by molar-refractivity contribution is 0.415. The highest BCUT2D eigenvalue weighted by atomic mass is 35.5. The molecule has 0 unspecified atom stereocenters. The average Bonchev–Trinajstić information content (AvgIpc) is 2.41. The number of anilines is 1. The molecule has 19 heavy (non-hydrogen) atoms. The molecule has 0 amide bonds. The Morgan fingerprint density at radius 2 is 1.89 bits per heavy atom. The van der Waals surface area contributed by atoms with E-state index in [0.717, 1.165) is 17.0 Å². The highest BCUT2D eigenvalue weighted by molar-refractivity contribution is 6.30. The Bertz CT molecular complexity index is 541. The Balaban J connectivity index is 0.00000180. The normalized spacial score (nSPS) is 10.0. The summed E-state index contributed by atoms with van der Waals surface area (Å²) in [6, 6.07) is 15.0. The first-order chi connectivity index (χ1) is 8.78. The van der Waals surface area contributed by atoms with Crippen LogP contribution in [0.25, 0.3) is 0 Å². The van der Waals surface area contributed by atoms with Gasteiger partial charge in [-0.25, -0.2) is 0 Å². The van der Waals surface area contributed by atoms with E-state index in [1.165, 1.54) is 0 Å². The average molecular weight is 297 g/mol. The van der Waals surface area contributed by atoms with Crippen LogP contribution in [0.2, 0.25) is 5.02 Å². The molecule has 0 saturated carbocycles. The van der Waals surface area contributed by atoms with E-state index in [-0.39, 0.29) is 12.4 Å². The van der Waals surface area contributed by atoms with E-state index >= 15 is 0 Å². The van der Waals surface area contributed by atoms with Crippen molar-refractivity contribution in [2.75, 3.05) is 12.5 Å². The van der Waals surface area contributed by atoms with Gasteiger partial charge in [-0.1, -0.05) is 23.7 Å². The van der Waals surface area contributed by atoms with Crippen LogP contribution in [0.3, 0.4) is 0 Å². The molecule has 0 aromatic heterocycles. The van der Waals surface area contributed by atoms with Crippen molar-refractivity contribution in [1.82, 2.24) is 0 Å². The van der Waals surface area contributed by atoms with Crippen molar-refractivity contribution in [2.24, 2.45) is 5.10 Å². The lowest BCUT2D eigenvalue weighted by Crippen LogP contribution is -1.91. The highest BCUT2D eigenvalue weighted by Gasteiger charge is 1.92. The van der Waals surface area contributed by atoms with E-state index in [1.54, 1.807) is 13.3 Å². The Kier molecular flexibility index (Phi) is 6.19. The fourth-order valence-electron chi connectivity index (χ4n) is 1.43. The maximum atomic E-state index is 5.79. The van der Waals surface area contributed by atoms with Crippen LogP contribution < -0.4 is 10.2 Å². The van der Waals surface area contributed by atoms with Crippen LogP contribution in [0, 0.1) is 0 Å². The molecular weight excluding hydrogens is 283 g/mol. The molecule has 0 heterocycles. The third-order valence-corrected chi connectivity index (χ3v) is 2.60. The minimum Gasteiger partial charge on any atom is -0.497 e. The lowest BCUT2D eigenvalue weighted by Gasteiger charge is -2.01. The zero-order valence-electron chi connectivity index (χ0n) is 10.3. The van der Waals surface area contributed by atoms with E-state index in [2.05, 4.69) is 10.5 Å². The van der Waals surface area contributed by atoms with Gasteiger partial charge in [-0.2, -0.15) is 5.10 Å². The molecule has 2 rings (SSSR count). The topological polar surface area (TPSA) is 33.6 Å². The molecule has 5 heteroatoms. The Morgan fingerprint density at radius 1 is 1.16 bits per heavy atom. The van der Waals surface area contributed by atoms with Crippen LogP contribution in [-0.2, 0) is 0 Å². The van der Waals surface area contributed by atoms with E-state index in [0.29, 0.717) is 5.02 Å². The van der Waals surface area contributed by atoms with Crippen LogP contribution >= 0.6 is 24.0 Å². The molecule has 0 aliphatic rings. The summed E-state index contributed by atoms with van der Waals surface area (Å²) in [6.07, 6.45) is 1.73. The van der Waals surface area contributed by atoms with E-state index in [4.69, 9.17) is 16.3 Å². The molecule has 0 aliphatic carbocycles. The summed E-state index contributed by atoms with van der Waals surface area (Å²) in [7, 11) is 1.64. The smallest absolute Gasteiger partial charge is 0.119 e. The molecule has 2 aromatic carbocycles. The summed E-state index contributed by atoms with van der Waals surface area (Å²) in [5, 5.41) is 4.85. The maximum Gasteiger partial charge on any atom is 0.119 e. The number of nitrogens with one attached hydrogen (secondary N) is 1. The zero-order valence-corrected chi connectivity index (χ0v) is 11.9. The van der Waals surface area contributed by atoms with Crippen LogP contribution in [0.1, 0.15) is 5.56 Å². The summed E-state index contributed by atoms with van der Waals surface area (Å²) in [6.45, 7) is 0. The fraction of sp³-hybridized carbons (Fsp3) is 0.0714. The van der Waals surface area contributed by atoms with Crippen LogP contribution in [0.5, 0.6) is 5.75 Å². The van der Waals surface area contributed by atoms with Crippen molar-refractivity contribution in [1.29, 1.82) is 0 Å². The maximum absolute atomic E-state index is 5.79. The number of nitrogens with zero attached hydrogens (tertiary/aromatic N) is 1. The third kappa shape index (κ3) is 4.81. The van der Waals surface area contributed by atoms with E-state index < -0.39 is 0 Å². The summed E-state index contributed by atoms with van der Waals surface area (Å²) in [4.78, 5) is 0. The molecule has 0 atom stereocenters. The molecule has 0 saturated heterocycles. The van der Waals surface area contributed by atoms with E-state index in [9.17, 15) is 0 Å². The fourth-order valence-corrected chi connectivity index (χ4v) is 1.55. The first-order valence-electron chi connectivity index (χ1n) is 5.46. The van der Waals surface area contributed by atoms with Gasteiger partial charge in [-0.05, 0) is 42.0 Å². The molecule has 0 fully saturated rings. The lowest BCUT2D eigenvalue weighted by atomic mass is 10.2. The van der Waals surface area contributed by atoms with Gasteiger partial charge in [-0.15, -0.1) is 12.4 Å². The van der Waals surface area contributed by atoms with Crippen LogP contribution in [-0.4, -0.2) is 13.3 Å². The molecule has 0 radical (unpaired) electrons. The monoisotopic (exact) mass is 296 g/mol. The Labute approximate surface area is 123 Å². The number of hydrazone groups is 1. The molecule has 0 bridgehead atoms. The largest absolute Gasteiger partial charge is 0.497 e. The predicted octanol–water partition coefficient (Wildman–Crippen LogP) is 4.22. The molecule has 100 valence electrons. The second kappa shape index (κ2) is 7.67. The van der Waals surface area contributed by atoms with Gasteiger partial charge in [0, 0.05) is 5.02 Å². The van der Waals surface area contributed by atoms with Crippen molar-refractivity contribution in [2.45, 2.75) is 0 Å². The van der Waals surface area contributed by atoms with Gasteiger partial charge >= 0.3 is 0 Å². The van der Waals surface area contributed by atoms with Gasteiger partial charge in [0.25, 0.3) is 0 Å². The number of halogens is 2. The van der Waals surface area contributed by atoms with Gasteiger partial charge in [0.15, 0.2) is 0 Å². The molecule has 3 nitrogen and oxygen atoms in total. The Morgan fingerprint density at radius 3 is 2.58 bits per heavy atom. The van der Waals surface area contributed by atoms with Gasteiger partial charge in [-0.3, -0.25) is 5.43 Å². The van der Waals surface area contributed by atoms with Crippen molar-refractivity contribution in [3.63, 3.8) is 0 Å². The standard InChI is InChI=1S/C14H13ClN2O.ClH/c1-18-14-4-2-3-11(9-14)10-16-17-13-7-5-12(15)6-8-13;/h2-10,17H,1H3;1H/b16-10+;. The number of ether oxygens (including phenoxy) is 1. The molecule has 0 aliphatic heterocycles. The first kappa shape index (κ1) is 15.3. The van der Waals surface area contributed by atoms with Crippen LogP contribution in [0.15, 0.2) is 53.6 Å².